The van der Waals surface area contributed by atoms with E-state index in [1.54, 1.807) is 18.7 Å². The Bertz CT molecular complexity index is 1640. The van der Waals surface area contributed by atoms with Gasteiger partial charge < -0.3 is 44.3 Å². The highest BCUT2D eigenvalue weighted by atomic mass is 35.5. The van der Waals surface area contributed by atoms with Crippen molar-refractivity contribution in [3.8, 4) is 0 Å². The molecule has 2 aromatic rings. The van der Waals surface area contributed by atoms with E-state index in [2.05, 4.69) is 22.3 Å². The number of piperidine rings is 2. The number of aliphatic hydroxyl groups is 2. The number of aliphatic hydroxyl groups excluding tert-OH is 2. The van der Waals surface area contributed by atoms with Crippen LogP contribution in [0.15, 0.2) is 48.5 Å². The van der Waals surface area contributed by atoms with Crippen LogP contribution in [0, 0.1) is 0 Å². The standard InChI is InChI=1S/C23H35ClN2O4.C13H18ClNO2.C10H17NO3/c1-16(27)21-14-26(20(15-29-21)13-17-5-7-18(24)8-6-17)19-9-11-25(12-10-19)22(28)30-23(2,3)4;1-9(16)13-7-15-12(8-17-13)6-10-2-4-11(14)5-3-10;1-10(2,3)14-9(13)11-6-4-8(12)5-7-11/h5-8,16,19-21,27H,9-15H2,1-4H3;2-5,9,12-13,15-16H,6-8H2,1H3;4-7H2,1-3H3/t16?,20-,21+;9?,12-,13+;/m00./s1. The van der Waals surface area contributed by atoms with Crippen molar-refractivity contribution in [3.05, 3.63) is 69.7 Å². The largest absolute Gasteiger partial charge is 0.444 e. The lowest BCUT2D eigenvalue weighted by atomic mass is 9.95. The van der Waals surface area contributed by atoms with Crippen molar-refractivity contribution in [2.24, 2.45) is 0 Å². The number of morpholine rings is 2. The molecule has 2 amide bonds. The van der Waals surface area contributed by atoms with E-state index in [9.17, 15) is 24.6 Å². The molecule has 4 fully saturated rings. The van der Waals surface area contributed by atoms with Crippen LogP contribution in [0.4, 0.5) is 9.59 Å². The molecule has 4 aliphatic rings. The third kappa shape index (κ3) is 17.9. The van der Waals surface area contributed by atoms with Gasteiger partial charge in [-0.25, -0.2) is 9.59 Å². The summed E-state index contributed by atoms with van der Waals surface area (Å²) < 4.78 is 22.3. The molecule has 3 N–H and O–H groups in total. The van der Waals surface area contributed by atoms with E-state index in [1.165, 1.54) is 11.1 Å². The van der Waals surface area contributed by atoms with Crippen molar-refractivity contribution < 1.29 is 43.5 Å². The second-order valence-electron chi connectivity index (χ2n) is 18.5. The number of Topliss-reactive ketones (excluding diaryl/α,β-unsaturated/α-hetero) is 1. The normalized spacial score (nSPS) is 24.0. The first-order valence-electron chi connectivity index (χ1n) is 21.7. The minimum absolute atomic E-state index is 0.0866. The summed E-state index contributed by atoms with van der Waals surface area (Å²) in [7, 11) is 0. The molecule has 2 unspecified atom stereocenters. The molecule has 4 heterocycles. The SMILES string of the molecule is CC(C)(C)OC(=O)N1CCC(=O)CC1.CC(O)[C@H]1CN(C2CCN(C(=O)OC(C)(C)C)CC2)[C@@H](Cc2ccc(Cl)cc2)CO1.CC(O)[C@H]1CN[C@@H](Cc2ccc(Cl)cc2)CO1. The number of ketones is 1. The first kappa shape index (κ1) is 50.6. The summed E-state index contributed by atoms with van der Waals surface area (Å²) in [6, 6.07) is 16.7. The summed E-state index contributed by atoms with van der Waals surface area (Å²) in [5.41, 5.74) is 1.52. The van der Waals surface area contributed by atoms with Gasteiger partial charge in [0.05, 0.1) is 37.6 Å². The molecule has 4 saturated heterocycles. The fraction of sp³-hybridized carbons (Fsp3) is 0.674. The van der Waals surface area contributed by atoms with Crippen LogP contribution in [0.1, 0.15) is 92.2 Å². The maximum atomic E-state index is 12.4. The van der Waals surface area contributed by atoms with E-state index in [0.29, 0.717) is 77.4 Å². The average Bonchev–Trinajstić information content (AvgIpc) is 3.19. The molecule has 6 rings (SSSR count). The molecule has 0 bridgehead atoms. The summed E-state index contributed by atoms with van der Waals surface area (Å²) in [6.07, 6.45) is 2.74. The molecule has 15 heteroatoms. The van der Waals surface area contributed by atoms with Gasteiger partial charge in [-0.2, -0.15) is 0 Å². The molecule has 0 spiro atoms. The zero-order valence-electron chi connectivity index (χ0n) is 37.4. The summed E-state index contributed by atoms with van der Waals surface area (Å²) in [4.78, 5) is 40.7. The minimum atomic E-state index is -0.508. The lowest BCUT2D eigenvalue weighted by Crippen LogP contribution is -2.59. The van der Waals surface area contributed by atoms with Gasteiger partial charge >= 0.3 is 12.2 Å². The van der Waals surface area contributed by atoms with Crippen molar-refractivity contribution in [1.82, 2.24) is 20.0 Å². The topological polar surface area (TPSA) is 150 Å². The van der Waals surface area contributed by atoms with Crippen LogP contribution in [0.3, 0.4) is 0 Å². The number of hydrogen-bond donors (Lipinski definition) is 3. The molecule has 6 atom stereocenters. The number of amides is 2. The molecule has 0 aliphatic carbocycles. The van der Waals surface area contributed by atoms with Crippen LogP contribution < -0.4 is 5.32 Å². The molecule has 4 aliphatic heterocycles. The number of nitrogens with zero attached hydrogens (tertiary/aromatic N) is 3. The molecule has 342 valence electrons. The van der Waals surface area contributed by atoms with Crippen LogP contribution in [0.5, 0.6) is 0 Å². The van der Waals surface area contributed by atoms with Crippen LogP contribution in [-0.2, 0) is 36.6 Å². The van der Waals surface area contributed by atoms with Gasteiger partial charge in [-0.15, -0.1) is 0 Å². The summed E-state index contributed by atoms with van der Waals surface area (Å²) >= 11 is 11.9. The zero-order chi connectivity index (χ0) is 44.9. The van der Waals surface area contributed by atoms with Crippen LogP contribution >= 0.6 is 23.2 Å². The Morgan fingerprint density at radius 2 is 1.20 bits per heavy atom. The van der Waals surface area contributed by atoms with Crippen molar-refractivity contribution in [2.45, 2.75) is 148 Å². The molecule has 0 radical (unpaired) electrons. The first-order valence-corrected chi connectivity index (χ1v) is 22.5. The smallest absolute Gasteiger partial charge is 0.410 e. The number of carbonyl (C=O) groups is 3. The third-order valence-corrected chi connectivity index (χ3v) is 11.4. The summed E-state index contributed by atoms with van der Waals surface area (Å²) in [6.45, 7) is 19.7. The average molecular weight is 894 g/mol. The molecular weight excluding hydrogens is 823 g/mol. The van der Waals surface area contributed by atoms with Gasteiger partial charge in [0.2, 0.25) is 0 Å². The van der Waals surface area contributed by atoms with E-state index in [-0.39, 0.29) is 36.2 Å². The number of ether oxygens (including phenoxy) is 4. The maximum Gasteiger partial charge on any atom is 0.410 e. The molecule has 0 saturated carbocycles. The Balaban J connectivity index is 0.000000223. The second-order valence-corrected chi connectivity index (χ2v) is 19.4. The van der Waals surface area contributed by atoms with Gasteiger partial charge in [0.25, 0.3) is 0 Å². The van der Waals surface area contributed by atoms with Gasteiger partial charge in [-0.05, 0) is 116 Å². The number of rotatable bonds is 7. The number of nitrogens with one attached hydrogen (secondary N) is 1. The predicted molar refractivity (Wildman–Crippen MR) is 238 cm³/mol. The quantitative estimate of drug-likeness (QED) is 0.266. The fourth-order valence-corrected chi connectivity index (χ4v) is 7.76. The number of benzene rings is 2. The van der Waals surface area contributed by atoms with E-state index < -0.39 is 23.4 Å². The Hall–Kier alpha value is -3.01. The Kier molecular flexibility index (Phi) is 19.6. The second kappa shape index (κ2) is 23.6. The number of hydrogen-bond acceptors (Lipinski definition) is 11. The minimum Gasteiger partial charge on any atom is -0.444 e. The lowest BCUT2D eigenvalue weighted by molar-refractivity contribution is -0.122. The van der Waals surface area contributed by atoms with Gasteiger partial charge in [-0.3, -0.25) is 9.69 Å². The number of halogens is 2. The van der Waals surface area contributed by atoms with Crippen molar-refractivity contribution in [3.63, 3.8) is 0 Å². The number of carbonyl (C=O) groups excluding carboxylic acids is 3. The lowest BCUT2D eigenvalue weighted by Gasteiger charge is -2.47. The van der Waals surface area contributed by atoms with Crippen LogP contribution in [0.25, 0.3) is 0 Å². The van der Waals surface area contributed by atoms with Crippen molar-refractivity contribution >= 4 is 41.2 Å². The Morgan fingerprint density at radius 1 is 0.738 bits per heavy atom. The fourth-order valence-electron chi connectivity index (χ4n) is 7.51. The highest BCUT2D eigenvalue weighted by Crippen LogP contribution is 2.27. The molecular formula is C46H70Cl2N4O9. The van der Waals surface area contributed by atoms with Crippen LogP contribution in [-0.4, -0.2) is 149 Å². The highest BCUT2D eigenvalue weighted by molar-refractivity contribution is 6.30. The van der Waals surface area contributed by atoms with Gasteiger partial charge in [0.1, 0.15) is 17.0 Å². The zero-order valence-corrected chi connectivity index (χ0v) is 38.9. The van der Waals surface area contributed by atoms with Gasteiger partial charge in [0.15, 0.2) is 0 Å². The monoisotopic (exact) mass is 892 g/mol. The Labute approximate surface area is 373 Å². The summed E-state index contributed by atoms with van der Waals surface area (Å²) in [5, 5.41) is 24.4. The molecule has 2 aromatic carbocycles. The predicted octanol–water partition coefficient (Wildman–Crippen LogP) is 6.94. The Morgan fingerprint density at radius 3 is 1.64 bits per heavy atom. The van der Waals surface area contributed by atoms with E-state index in [1.807, 2.05) is 82.8 Å². The molecule has 0 aromatic heterocycles. The highest BCUT2D eigenvalue weighted by Gasteiger charge is 2.38. The summed E-state index contributed by atoms with van der Waals surface area (Å²) in [5.74, 6) is 0.227. The van der Waals surface area contributed by atoms with E-state index in [4.69, 9.17) is 42.1 Å². The van der Waals surface area contributed by atoms with Gasteiger partial charge in [-0.1, -0.05) is 47.5 Å². The van der Waals surface area contributed by atoms with Crippen molar-refractivity contribution in [2.75, 3.05) is 52.5 Å². The van der Waals surface area contributed by atoms with Gasteiger partial charge in [0, 0.05) is 80.3 Å². The number of likely N-dealkylation sites (tertiary alicyclic amines) is 2. The van der Waals surface area contributed by atoms with E-state index >= 15 is 0 Å². The third-order valence-electron chi connectivity index (χ3n) is 10.9. The van der Waals surface area contributed by atoms with Crippen LogP contribution in [0.2, 0.25) is 10.0 Å². The van der Waals surface area contributed by atoms with E-state index in [0.717, 1.165) is 35.7 Å². The molecule has 13 nitrogen and oxygen atoms in total. The van der Waals surface area contributed by atoms with Crippen molar-refractivity contribution in [1.29, 1.82) is 0 Å². The maximum absolute atomic E-state index is 12.4. The molecule has 61 heavy (non-hydrogen) atoms. The first-order chi connectivity index (χ1) is 28.7.